The molecule has 0 saturated carbocycles. The van der Waals surface area contributed by atoms with Crippen LogP contribution in [-0.4, -0.2) is 35.9 Å². The van der Waals surface area contributed by atoms with Crippen LogP contribution >= 0.6 is 0 Å². The van der Waals surface area contributed by atoms with Crippen LogP contribution in [0.2, 0.25) is 0 Å². The highest BCUT2D eigenvalue weighted by Crippen LogP contribution is 2.33. The van der Waals surface area contributed by atoms with Crippen LogP contribution in [0, 0.1) is 0 Å². The van der Waals surface area contributed by atoms with E-state index in [1.165, 1.54) is 10.0 Å². The maximum atomic E-state index is 12.3. The average Bonchev–Trinajstić information content (AvgIpc) is 2.59. The second-order valence-corrected chi connectivity index (χ2v) is 4.93. The lowest BCUT2D eigenvalue weighted by Gasteiger charge is -2.20. The van der Waals surface area contributed by atoms with Gasteiger partial charge in [-0.25, -0.2) is 10.0 Å². The summed E-state index contributed by atoms with van der Waals surface area (Å²) in [6.07, 6.45) is 12.2. The van der Waals surface area contributed by atoms with E-state index >= 15 is 0 Å². The van der Waals surface area contributed by atoms with Crippen molar-refractivity contribution in [3.05, 3.63) is 58.7 Å². The number of hydrogen-bond donors (Lipinski definition) is 0. The first-order valence-electron chi connectivity index (χ1n) is 6.14. The zero-order chi connectivity index (χ0) is 13.6. The zero-order valence-corrected chi connectivity index (χ0v) is 10.9. The Morgan fingerprint density at radius 3 is 1.84 bits per heavy atom. The Labute approximate surface area is 111 Å². The van der Waals surface area contributed by atoms with Crippen molar-refractivity contribution in [2.75, 3.05) is 14.1 Å². The van der Waals surface area contributed by atoms with Crippen LogP contribution in [0.15, 0.2) is 58.7 Å². The summed E-state index contributed by atoms with van der Waals surface area (Å²) in [5.74, 6) is -0.504. The SMILES string of the molecule is CN(C)N1C(=O)C2=CC3=CC=CC=C(C=C2C1=O)C3. The predicted octanol–water partition coefficient (Wildman–Crippen LogP) is 1.51. The molecule has 0 spiro atoms. The van der Waals surface area contributed by atoms with Crippen LogP contribution in [0.4, 0.5) is 0 Å². The van der Waals surface area contributed by atoms with Crippen molar-refractivity contribution >= 4 is 11.8 Å². The topological polar surface area (TPSA) is 40.6 Å². The molecule has 3 aliphatic rings. The van der Waals surface area contributed by atoms with Crippen LogP contribution in [0.3, 0.4) is 0 Å². The summed E-state index contributed by atoms with van der Waals surface area (Å²) < 4.78 is 0. The molecule has 1 saturated heterocycles. The van der Waals surface area contributed by atoms with Crippen molar-refractivity contribution in [3.63, 3.8) is 0 Å². The van der Waals surface area contributed by atoms with E-state index in [2.05, 4.69) is 0 Å². The Balaban J connectivity index is 2.17. The quantitative estimate of drug-likeness (QED) is 0.666. The van der Waals surface area contributed by atoms with E-state index in [1.54, 1.807) is 14.1 Å². The Morgan fingerprint density at radius 1 is 0.947 bits per heavy atom. The van der Waals surface area contributed by atoms with Gasteiger partial charge in [0.25, 0.3) is 11.8 Å². The number of carbonyl (C=O) groups is 2. The second-order valence-electron chi connectivity index (χ2n) is 4.93. The zero-order valence-electron chi connectivity index (χ0n) is 10.9. The van der Waals surface area contributed by atoms with Crippen LogP contribution in [0.1, 0.15) is 6.42 Å². The van der Waals surface area contributed by atoms with Gasteiger partial charge in [0.1, 0.15) is 0 Å². The minimum atomic E-state index is -0.252. The Hall–Kier alpha value is -2.20. The predicted molar refractivity (Wildman–Crippen MR) is 71.6 cm³/mol. The largest absolute Gasteiger partial charge is 0.276 e. The van der Waals surface area contributed by atoms with Gasteiger partial charge in [-0.2, -0.15) is 0 Å². The van der Waals surface area contributed by atoms with E-state index < -0.39 is 0 Å². The second kappa shape index (κ2) is 4.17. The summed E-state index contributed by atoms with van der Waals surface area (Å²) >= 11 is 0. The highest BCUT2D eigenvalue weighted by Gasteiger charge is 2.41. The standard InChI is InChI=1S/C15H14N2O2/c1-16(2)17-14(18)12-8-10-5-3-4-6-11(7-10)9-13(12)15(17)19/h3-6,8-9H,7H2,1-2H3. The molecule has 0 aromatic carbocycles. The van der Waals surface area contributed by atoms with Crippen molar-refractivity contribution in [2.24, 2.45) is 0 Å². The molecule has 1 aliphatic heterocycles. The molecule has 0 radical (unpaired) electrons. The molecule has 19 heavy (non-hydrogen) atoms. The lowest BCUT2D eigenvalue weighted by Crippen LogP contribution is -2.41. The third kappa shape index (κ3) is 1.81. The number of carbonyl (C=O) groups excluding carboxylic acids is 2. The Kier molecular flexibility index (Phi) is 2.61. The van der Waals surface area contributed by atoms with Crippen molar-refractivity contribution in [1.82, 2.24) is 10.0 Å². The Morgan fingerprint density at radius 2 is 1.42 bits per heavy atom. The molecule has 96 valence electrons. The molecular formula is C15H14N2O2. The van der Waals surface area contributed by atoms with Gasteiger partial charge in [-0.1, -0.05) is 24.3 Å². The third-order valence-electron chi connectivity index (χ3n) is 3.34. The number of allylic oxidation sites excluding steroid dienone is 8. The number of imide groups is 1. The summed E-state index contributed by atoms with van der Waals surface area (Å²) in [4.78, 5) is 24.6. The molecule has 1 fully saturated rings. The van der Waals surface area contributed by atoms with Gasteiger partial charge < -0.3 is 0 Å². The molecule has 3 rings (SSSR count). The molecule has 0 atom stereocenters. The van der Waals surface area contributed by atoms with Crippen molar-refractivity contribution in [3.8, 4) is 0 Å². The molecule has 4 heteroatoms. The van der Waals surface area contributed by atoms with E-state index in [4.69, 9.17) is 0 Å². The molecule has 0 N–H and O–H groups in total. The lowest BCUT2D eigenvalue weighted by atomic mass is 10.1. The monoisotopic (exact) mass is 254 g/mol. The molecule has 2 bridgehead atoms. The van der Waals surface area contributed by atoms with Gasteiger partial charge in [0, 0.05) is 14.1 Å². The van der Waals surface area contributed by atoms with Crippen molar-refractivity contribution in [2.45, 2.75) is 6.42 Å². The average molecular weight is 254 g/mol. The van der Waals surface area contributed by atoms with Crippen molar-refractivity contribution < 1.29 is 9.59 Å². The fourth-order valence-corrected chi connectivity index (χ4v) is 2.47. The third-order valence-corrected chi connectivity index (χ3v) is 3.34. The Bertz CT molecular complexity index is 581. The van der Waals surface area contributed by atoms with Crippen LogP contribution in [-0.2, 0) is 9.59 Å². The van der Waals surface area contributed by atoms with E-state index in [9.17, 15) is 9.59 Å². The van der Waals surface area contributed by atoms with Gasteiger partial charge in [0.2, 0.25) is 0 Å². The summed E-state index contributed by atoms with van der Waals surface area (Å²) in [5, 5.41) is 2.69. The lowest BCUT2D eigenvalue weighted by molar-refractivity contribution is -0.150. The molecule has 1 heterocycles. The number of fused-ring (bicyclic) bond motifs is 3. The molecule has 4 nitrogen and oxygen atoms in total. The molecule has 0 unspecified atom stereocenters. The van der Waals surface area contributed by atoms with Crippen LogP contribution < -0.4 is 0 Å². The highest BCUT2D eigenvalue weighted by atomic mass is 16.2. The number of rotatable bonds is 1. The molecule has 2 aliphatic carbocycles. The smallest absolute Gasteiger partial charge is 0.267 e. The summed E-state index contributed by atoms with van der Waals surface area (Å²) in [7, 11) is 3.38. The fourth-order valence-electron chi connectivity index (χ4n) is 2.47. The number of nitrogens with zero attached hydrogens (tertiary/aromatic N) is 2. The van der Waals surface area contributed by atoms with Crippen LogP contribution in [0.25, 0.3) is 0 Å². The first kappa shape index (κ1) is 11.9. The van der Waals surface area contributed by atoms with E-state index in [1.807, 2.05) is 36.5 Å². The van der Waals surface area contributed by atoms with Gasteiger partial charge in [-0.05, 0) is 29.7 Å². The number of amides is 2. The van der Waals surface area contributed by atoms with Gasteiger partial charge >= 0.3 is 0 Å². The van der Waals surface area contributed by atoms with E-state index in [0.717, 1.165) is 17.6 Å². The minimum Gasteiger partial charge on any atom is -0.267 e. The molecule has 0 aromatic rings. The first-order valence-corrected chi connectivity index (χ1v) is 6.14. The summed E-state index contributed by atoms with van der Waals surface area (Å²) in [6.45, 7) is 0. The minimum absolute atomic E-state index is 0.252. The summed E-state index contributed by atoms with van der Waals surface area (Å²) in [5.41, 5.74) is 3.07. The highest BCUT2D eigenvalue weighted by molar-refractivity contribution is 6.24. The maximum Gasteiger partial charge on any atom is 0.276 e. The van der Waals surface area contributed by atoms with E-state index in [0.29, 0.717) is 11.1 Å². The molecule has 0 aromatic heterocycles. The van der Waals surface area contributed by atoms with Crippen LogP contribution in [0.5, 0.6) is 0 Å². The normalized spacial score (nSPS) is 21.5. The van der Waals surface area contributed by atoms with Gasteiger partial charge in [0.05, 0.1) is 11.1 Å². The maximum absolute atomic E-state index is 12.3. The van der Waals surface area contributed by atoms with Gasteiger partial charge in [-0.3, -0.25) is 9.59 Å². The van der Waals surface area contributed by atoms with Crippen molar-refractivity contribution in [1.29, 1.82) is 0 Å². The molecule has 2 amide bonds. The fraction of sp³-hybridized carbons (Fsp3) is 0.200. The molecular weight excluding hydrogens is 240 g/mol. The van der Waals surface area contributed by atoms with Gasteiger partial charge in [-0.15, -0.1) is 0 Å². The number of hydrazine groups is 1. The van der Waals surface area contributed by atoms with Gasteiger partial charge in [0.15, 0.2) is 0 Å². The summed E-state index contributed by atoms with van der Waals surface area (Å²) in [6, 6.07) is 0. The first-order chi connectivity index (χ1) is 9.08. The number of hydrogen-bond acceptors (Lipinski definition) is 3. The van der Waals surface area contributed by atoms with E-state index in [-0.39, 0.29) is 11.8 Å².